The van der Waals surface area contributed by atoms with Crippen molar-refractivity contribution in [1.29, 1.82) is 0 Å². The number of carbonyl (C=O) groups is 1. The minimum absolute atomic E-state index is 0.0796. The molecule has 0 spiro atoms. The Kier molecular flexibility index (Phi) is 6.03. The summed E-state index contributed by atoms with van der Waals surface area (Å²) in [6.07, 6.45) is 0.891. The fourth-order valence-corrected chi connectivity index (χ4v) is 2.44. The Labute approximate surface area is 150 Å². The number of nitrogens with zero attached hydrogens (tertiary/aromatic N) is 4. The number of aromatic nitrogens is 4. The van der Waals surface area contributed by atoms with Crippen LogP contribution < -0.4 is 10.6 Å². The molecule has 0 aliphatic carbocycles. The highest BCUT2D eigenvalue weighted by atomic mass is 127. The maximum Gasteiger partial charge on any atom is 0.269 e. The molecule has 1 amide bonds. The Morgan fingerprint density at radius 1 is 1.50 bits per heavy atom. The molecule has 0 atom stereocenters. The van der Waals surface area contributed by atoms with E-state index in [0.29, 0.717) is 17.1 Å². The summed E-state index contributed by atoms with van der Waals surface area (Å²) in [6.45, 7) is 2.66. The number of anilines is 1. The van der Waals surface area contributed by atoms with Crippen molar-refractivity contribution in [3.63, 3.8) is 0 Å². The Balaban J connectivity index is 1.98. The van der Waals surface area contributed by atoms with Gasteiger partial charge in [0.15, 0.2) is 5.11 Å². The van der Waals surface area contributed by atoms with Crippen molar-refractivity contribution in [3.8, 4) is 0 Å². The van der Waals surface area contributed by atoms with Gasteiger partial charge >= 0.3 is 0 Å². The van der Waals surface area contributed by atoms with E-state index in [2.05, 4.69) is 48.6 Å². The van der Waals surface area contributed by atoms with E-state index in [-0.39, 0.29) is 11.1 Å². The first-order valence-electron chi connectivity index (χ1n) is 6.34. The lowest BCUT2D eigenvalue weighted by molar-refractivity contribution is 0.0978. The van der Waals surface area contributed by atoms with Crippen LogP contribution in [0, 0.1) is 3.57 Å². The van der Waals surface area contributed by atoms with Crippen LogP contribution in [-0.2, 0) is 6.54 Å². The van der Waals surface area contributed by atoms with Gasteiger partial charge in [-0.1, -0.05) is 23.6 Å². The second-order valence-corrected chi connectivity index (χ2v) is 6.30. The van der Waals surface area contributed by atoms with Crippen LogP contribution in [0.15, 0.2) is 18.2 Å². The Morgan fingerprint density at radius 3 is 3.00 bits per heavy atom. The maximum absolute atomic E-state index is 12.1. The molecule has 116 valence electrons. The van der Waals surface area contributed by atoms with Crippen molar-refractivity contribution in [2.24, 2.45) is 0 Å². The number of thiocarbonyl (C=S) groups is 1. The molecule has 22 heavy (non-hydrogen) atoms. The second kappa shape index (κ2) is 7.79. The van der Waals surface area contributed by atoms with E-state index in [1.54, 1.807) is 12.1 Å². The molecule has 0 bridgehead atoms. The maximum atomic E-state index is 12.1. The minimum atomic E-state index is -0.401. The molecule has 0 aliphatic heterocycles. The third-order valence-electron chi connectivity index (χ3n) is 2.50. The number of amides is 1. The molecule has 0 saturated heterocycles. The van der Waals surface area contributed by atoms with Crippen LogP contribution in [0.4, 0.5) is 5.95 Å². The predicted molar refractivity (Wildman–Crippen MR) is 96.0 cm³/mol. The number of hydrogen-bond donors (Lipinski definition) is 2. The van der Waals surface area contributed by atoms with E-state index < -0.39 is 5.91 Å². The molecule has 0 fully saturated rings. The van der Waals surface area contributed by atoms with Gasteiger partial charge in [0, 0.05) is 3.57 Å². The summed E-state index contributed by atoms with van der Waals surface area (Å²) in [5.41, 5.74) is 0.348. The number of benzene rings is 1. The average Bonchev–Trinajstić information content (AvgIpc) is 2.89. The molecule has 1 aromatic carbocycles. The summed E-state index contributed by atoms with van der Waals surface area (Å²) in [5, 5.41) is 17.4. The smallest absolute Gasteiger partial charge is 0.269 e. The molecule has 2 N–H and O–H groups in total. The molecular formula is C12H12ClIN6OS. The van der Waals surface area contributed by atoms with E-state index in [1.807, 2.05) is 13.0 Å². The first-order valence-corrected chi connectivity index (χ1v) is 8.21. The van der Waals surface area contributed by atoms with Crippen LogP contribution in [0.3, 0.4) is 0 Å². The molecule has 2 rings (SSSR count). The molecule has 10 heteroatoms. The Morgan fingerprint density at radius 2 is 2.27 bits per heavy atom. The Bertz CT molecular complexity index is 707. The predicted octanol–water partition coefficient (Wildman–Crippen LogP) is 2.47. The van der Waals surface area contributed by atoms with Crippen molar-refractivity contribution in [1.82, 2.24) is 25.5 Å². The van der Waals surface area contributed by atoms with Gasteiger partial charge in [-0.2, -0.15) is 4.80 Å². The van der Waals surface area contributed by atoms with E-state index in [4.69, 9.17) is 23.8 Å². The molecule has 0 saturated carbocycles. The van der Waals surface area contributed by atoms with E-state index >= 15 is 0 Å². The van der Waals surface area contributed by atoms with Crippen molar-refractivity contribution < 1.29 is 4.79 Å². The minimum Gasteiger partial charge on any atom is -0.299 e. The van der Waals surface area contributed by atoms with Crippen LogP contribution in [0.2, 0.25) is 5.02 Å². The third kappa shape index (κ3) is 4.58. The molecule has 0 radical (unpaired) electrons. The average molecular weight is 451 g/mol. The van der Waals surface area contributed by atoms with E-state index in [9.17, 15) is 4.79 Å². The fraction of sp³-hybridized carbons (Fsp3) is 0.250. The zero-order valence-electron chi connectivity index (χ0n) is 11.5. The summed E-state index contributed by atoms with van der Waals surface area (Å²) in [5.74, 6) is -0.172. The highest BCUT2D eigenvalue weighted by Crippen LogP contribution is 2.18. The summed E-state index contributed by atoms with van der Waals surface area (Å²) < 4.78 is 0.898. The number of aryl methyl sites for hydroxylation is 1. The summed E-state index contributed by atoms with van der Waals surface area (Å²) in [6, 6.07) is 5.15. The number of halogens is 2. The first kappa shape index (κ1) is 17.0. The van der Waals surface area contributed by atoms with Crippen LogP contribution in [-0.4, -0.2) is 31.2 Å². The number of hydrogen-bond acceptors (Lipinski definition) is 5. The van der Waals surface area contributed by atoms with Gasteiger partial charge in [0.25, 0.3) is 11.9 Å². The molecule has 0 unspecified atom stereocenters. The standard InChI is InChI=1S/C12H12ClIN6OS/c1-2-5-20-18-11(17-19-20)16-12(22)15-10(21)8-6-7(14)3-4-9(8)13/h3-4,6H,2,5H2,1H3,(H2,15,16,18,21,22). The highest BCUT2D eigenvalue weighted by Gasteiger charge is 2.13. The summed E-state index contributed by atoms with van der Waals surface area (Å²) in [4.78, 5) is 13.6. The van der Waals surface area contributed by atoms with Crippen LogP contribution >= 0.6 is 46.4 Å². The first-order chi connectivity index (χ1) is 10.5. The highest BCUT2D eigenvalue weighted by molar-refractivity contribution is 14.1. The zero-order valence-corrected chi connectivity index (χ0v) is 15.2. The van der Waals surface area contributed by atoms with Gasteiger partial charge in [0.1, 0.15) is 0 Å². The lowest BCUT2D eigenvalue weighted by Gasteiger charge is -2.08. The lowest BCUT2D eigenvalue weighted by atomic mass is 10.2. The molecule has 7 nitrogen and oxygen atoms in total. The van der Waals surface area contributed by atoms with Gasteiger partial charge in [-0.05, 0) is 64.6 Å². The van der Waals surface area contributed by atoms with Gasteiger partial charge < -0.3 is 0 Å². The number of nitrogens with one attached hydrogen (secondary N) is 2. The normalized spacial score (nSPS) is 10.3. The van der Waals surface area contributed by atoms with Gasteiger partial charge in [0.2, 0.25) is 0 Å². The lowest BCUT2D eigenvalue weighted by Crippen LogP contribution is -2.34. The van der Waals surface area contributed by atoms with Crippen molar-refractivity contribution in [2.45, 2.75) is 19.9 Å². The molecule has 1 aromatic heterocycles. The van der Waals surface area contributed by atoms with E-state index in [1.165, 1.54) is 4.80 Å². The monoisotopic (exact) mass is 450 g/mol. The van der Waals surface area contributed by atoms with Gasteiger partial charge in [-0.3, -0.25) is 15.4 Å². The summed E-state index contributed by atoms with van der Waals surface area (Å²) >= 11 is 13.2. The molecule has 0 aliphatic rings. The number of tetrazole rings is 1. The largest absolute Gasteiger partial charge is 0.299 e. The van der Waals surface area contributed by atoms with Gasteiger partial charge in [0.05, 0.1) is 17.1 Å². The van der Waals surface area contributed by atoms with Gasteiger partial charge in [-0.15, -0.1) is 5.10 Å². The van der Waals surface area contributed by atoms with E-state index in [0.717, 1.165) is 9.99 Å². The fourth-order valence-electron chi connectivity index (χ4n) is 1.56. The number of rotatable bonds is 4. The molecule has 2 aromatic rings. The second-order valence-electron chi connectivity index (χ2n) is 4.24. The topological polar surface area (TPSA) is 84.7 Å². The van der Waals surface area contributed by atoms with Crippen molar-refractivity contribution in [3.05, 3.63) is 32.4 Å². The zero-order chi connectivity index (χ0) is 16.1. The third-order valence-corrected chi connectivity index (χ3v) is 3.71. The molecular weight excluding hydrogens is 439 g/mol. The quantitative estimate of drug-likeness (QED) is 0.550. The van der Waals surface area contributed by atoms with Crippen molar-refractivity contribution >= 4 is 63.4 Å². The van der Waals surface area contributed by atoms with Crippen LogP contribution in [0.25, 0.3) is 0 Å². The number of carbonyl (C=O) groups excluding carboxylic acids is 1. The van der Waals surface area contributed by atoms with Crippen LogP contribution in [0.5, 0.6) is 0 Å². The molecule has 1 heterocycles. The SMILES string of the molecule is CCCn1nnc(NC(=S)NC(=O)c2cc(I)ccc2Cl)n1. The van der Waals surface area contributed by atoms with Crippen LogP contribution in [0.1, 0.15) is 23.7 Å². The summed E-state index contributed by atoms with van der Waals surface area (Å²) in [7, 11) is 0. The Hall–Kier alpha value is -1.33. The van der Waals surface area contributed by atoms with Gasteiger partial charge in [-0.25, -0.2) is 0 Å². The van der Waals surface area contributed by atoms with Crippen molar-refractivity contribution in [2.75, 3.05) is 5.32 Å².